The maximum atomic E-state index is 12.1. The summed E-state index contributed by atoms with van der Waals surface area (Å²) in [5.74, 6) is 0.675. The summed E-state index contributed by atoms with van der Waals surface area (Å²) in [7, 11) is 0. The molecule has 2 atom stereocenters. The Hall–Kier alpha value is -2.08. The van der Waals surface area contributed by atoms with Crippen LogP contribution in [0.15, 0.2) is 54.6 Å². The van der Waals surface area contributed by atoms with E-state index in [4.69, 9.17) is 15.2 Å². The van der Waals surface area contributed by atoms with Crippen LogP contribution in [-0.2, 0) is 9.53 Å². The number of anilines is 1. The van der Waals surface area contributed by atoms with E-state index >= 15 is 0 Å². The first-order chi connectivity index (χ1) is 11.7. The molecule has 0 aromatic heterocycles. The minimum absolute atomic E-state index is 0. The zero-order valence-electron chi connectivity index (χ0n) is 13.9. The number of halogens is 1. The first-order valence-corrected chi connectivity index (χ1v) is 8.15. The van der Waals surface area contributed by atoms with Gasteiger partial charge in [0.2, 0.25) is 5.91 Å². The van der Waals surface area contributed by atoms with Gasteiger partial charge < -0.3 is 20.5 Å². The van der Waals surface area contributed by atoms with Crippen LogP contribution in [0.2, 0.25) is 0 Å². The molecule has 1 heterocycles. The number of amides is 1. The third-order valence-corrected chi connectivity index (χ3v) is 3.96. The van der Waals surface area contributed by atoms with Crippen molar-refractivity contribution in [1.82, 2.24) is 0 Å². The molecule has 0 bridgehead atoms. The van der Waals surface area contributed by atoms with Gasteiger partial charge in [-0.3, -0.25) is 4.79 Å². The normalized spacial score (nSPS) is 17.4. The average Bonchev–Trinajstić information content (AvgIpc) is 3.10. The van der Waals surface area contributed by atoms with E-state index in [0.29, 0.717) is 6.61 Å². The van der Waals surface area contributed by atoms with Gasteiger partial charge in [-0.1, -0.05) is 30.3 Å². The Balaban J connectivity index is 0.00000225. The molecular formula is C19H23ClN2O3. The van der Waals surface area contributed by atoms with Crippen molar-refractivity contribution in [2.75, 3.05) is 18.5 Å². The highest BCUT2D eigenvalue weighted by Gasteiger charge is 2.17. The van der Waals surface area contributed by atoms with Crippen LogP contribution in [0.4, 0.5) is 5.69 Å². The van der Waals surface area contributed by atoms with E-state index in [2.05, 4.69) is 5.32 Å². The predicted octanol–water partition coefficient (Wildman–Crippen LogP) is 3.30. The van der Waals surface area contributed by atoms with Crippen LogP contribution in [-0.4, -0.2) is 25.2 Å². The quantitative estimate of drug-likeness (QED) is 0.826. The van der Waals surface area contributed by atoms with Crippen LogP contribution >= 0.6 is 12.4 Å². The van der Waals surface area contributed by atoms with E-state index in [0.717, 1.165) is 30.0 Å². The lowest BCUT2D eigenvalue weighted by Gasteiger charge is -2.14. The summed E-state index contributed by atoms with van der Waals surface area (Å²) in [5, 5.41) is 2.86. The number of nitrogens with two attached hydrogens (primary N) is 1. The summed E-state index contributed by atoms with van der Waals surface area (Å²) >= 11 is 0. The van der Waals surface area contributed by atoms with Gasteiger partial charge in [0, 0.05) is 24.6 Å². The highest BCUT2D eigenvalue weighted by molar-refractivity contribution is 5.91. The molecule has 1 saturated heterocycles. The number of carbonyl (C=O) groups is 1. The molecule has 1 fully saturated rings. The molecule has 1 aliphatic rings. The van der Waals surface area contributed by atoms with Crippen LogP contribution in [0.25, 0.3) is 0 Å². The molecule has 25 heavy (non-hydrogen) atoms. The highest BCUT2D eigenvalue weighted by Crippen LogP contribution is 2.20. The van der Waals surface area contributed by atoms with Gasteiger partial charge in [0.15, 0.2) is 0 Å². The van der Waals surface area contributed by atoms with Gasteiger partial charge in [-0.05, 0) is 29.8 Å². The van der Waals surface area contributed by atoms with E-state index in [1.807, 2.05) is 54.6 Å². The second-order valence-corrected chi connectivity index (χ2v) is 5.90. The Morgan fingerprint density at radius 2 is 1.92 bits per heavy atom. The standard InChI is InChI=1S/C19H22N2O3.ClH/c20-18(14-4-2-1-3-5-14)12-19(22)21-15-6-8-16(9-7-15)24-17-10-11-23-13-17;/h1-9,17-18H,10-13,20H2,(H,21,22);1H. The number of carbonyl (C=O) groups excluding carboxylic acids is 1. The average molecular weight is 363 g/mol. The van der Waals surface area contributed by atoms with Gasteiger partial charge in [-0.25, -0.2) is 0 Å². The second kappa shape index (κ2) is 9.42. The van der Waals surface area contributed by atoms with Crippen molar-refractivity contribution in [2.45, 2.75) is 25.0 Å². The van der Waals surface area contributed by atoms with Crippen molar-refractivity contribution in [3.8, 4) is 5.75 Å². The van der Waals surface area contributed by atoms with Gasteiger partial charge in [0.05, 0.1) is 13.2 Å². The fourth-order valence-electron chi connectivity index (χ4n) is 2.64. The molecule has 2 unspecified atom stereocenters. The highest BCUT2D eigenvalue weighted by atomic mass is 35.5. The molecule has 1 amide bonds. The molecule has 2 aromatic carbocycles. The number of rotatable bonds is 6. The zero-order chi connectivity index (χ0) is 16.8. The number of nitrogens with one attached hydrogen (secondary N) is 1. The molecule has 2 aromatic rings. The molecule has 3 rings (SSSR count). The molecule has 0 spiro atoms. The third kappa shape index (κ3) is 5.74. The molecule has 1 aliphatic heterocycles. The van der Waals surface area contributed by atoms with E-state index in [1.165, 1.54) is 0 Å². The summed E-state index contributed by atoms with van der Waals surface area (Å²) in [6.45, 7) is 1.39. The molecule has 3 N–H and O–H groups in total. The molecule has 0 aliphatic carbocycles. The largest absolute Gasteiger partial charge is 0.488 e. The summed E-state index contributed by atoms with van der Waals surface area (Å²) in [4.78, 5) is 12.1. The SMILES string of the molecule is Cl.NC(CC(=O)Nc1ccc(OC2CCOC2)cc1)c1ccccc1. The maximum absolute atomic E-state index is 12.1. The summed E-state index contributed by atoms with van der Waals surface area (Å²) in [6.07, 6.45) is 1.27. The van der Waals surface area contributed by atoms with Gasteiger partial charge in [0.25, 0.3) is 0 Å². The van der Waals surface area contributed by atoms with Gasteiger partial charge in [0.1, 0.15) is 11.9 Å². The van der Waals surface area contributed by atoms with Crippen LogP contribution in [0, 0.1) is 0 Å². The summed E-state index contributed by atoms with van der Waals surface area (Å²) < 4.78 is 11.1. The van der Waals surface area contributed by atoms with E-state index in [-0.39, 0.29) is 36.9 Å². The Labute approximate surface area is 153 Å². The van der Waals surface area contributed by atoms with Crippen LogP contribution in [0.5, 0.6) is 5.75 Å². The summed E-state index contributed by atoms with van der Waals surface area (Å²) in [5.41, 5.74) is 7.76. The van der Waals surface area contributed by atoms with E-state index in [1.54, 1.807) is 0 Å². The monoisotopic (exact) mass is 362 g/mol. The lowest BCUT2D eigenvalue weighted by molar-refractivity contribution is -0.116. The van der Waals surface area contributed by atoms with Crippen molar-refractivity contribution in [3.63, 3.8) is 0 Å². The lowest BCUT2D eigenvalue weighted by Crippen LogP contribution is -2.20. The van der Waals surface area contributed by atoms with Crippen molar-refractivity contribution < 1.29 is 14.3 Å². The Morgan fingerprint density at radius 3 is 2.56 bits per heavy atom. The Bertz CT molecular complexity index is 658. The minimum Gasteiger partial charge on any atom is -0.488 e. The molecular weight excluding hydrogens is 340 g/mol. The molecule has 134 valence electrons. The van der Waals surface area contributed by atoms with Gasteiger partial charge in [-0.2, -0.15) is 0 Å². The maximum Gasteiger partial charge on any atom is 0.226 e. The van der Waals surface area contributed by atoms with Crippen molar-refractivity contribution in [2.24, 2.45) is 5.73 Å². The number of ether oxygens (including phenoxy) is 2. The number of hydrogen-bond donors (Lipinski definition) is 2. The fraction of sp³-hybridized carbons (Fsp3) is 0.316. The van der Waals surface area contributed by atoms with E-state index in [9.17, 15) is 4.79 Å². The number of hydrogen-bond acceptors (Lipinski definition) is 4. The fourth-order valence-corrected chi connectivity index (χ4v) is 2.64. The Kier molecular flexibility index (Phi) is 7.25. The third-order valence-electron chi connectivity index (χ3n) is 3.96. The zero-order valence-corrected chi connectivity index (χ0v) is 14.7. The van der Waals surface area contributed by atoms with Crippen molar-refractivity contribution >= 4 is 24.0 Å². The summed E-state index contributed by atoms with van der Waals surface area (Å²) in [6, 6.07) is 16.7. The van der Waals surface area contributed by atoms with Gasteiger partial charge in [-0.15, -0.1) is 12.4 Å². The lowest BCUT2D eigenvalue weighted by atomic mass is 10.0. The van der Waals surface area contributed by atoms with E-state index < -0.39 is 0 Å². The van der Waals surface area contributed by atoms with Crippen LogP contribution in [0.1, 0.15) is 24.4 Å². The Morgan fingerprint density at radius 1 is 1.20 bits per heavy atom. The molecule has 6 heteroatoms. The smallest absolute Gasteiger partial charge is 0.226 e. The van der Waals surface area contributed by atoms with Crippen molar-refractivity contribution in [3.05, 3.63) is 60.2 Å². The second-order valence-electron chi connectivity index (χ2n) is 5.90. The van der Waals surface area contributed by atoms with Gasteiger partial charge >= 0.3 is 0 Å². The molecule has 0 radical (unpaired) electrons. The van der Waals surface area contributed by atoms with Crippen LogP contribution in [0.3, 0.4) is 0 Å². The topological polar surface area (TPSA) is 73.6 Å². The first-order valence-electron chi connectivity index (χ1n) is 8.15. The molecule has 0 saturated carbocycles. The van der Waals surface area contributed by atoms with Crippen LogP contribution < -0.4 is 15.8 Å². The molecule has 5 nitrogen and oxygen atoms in total. The minimum atomic E-state index is -0.309. The predicted molar refractivity (Wildman–Crippen MR) is 100 cm³/mol. The van der Waals surface area contributed by atoms with Crippen molar-refractivity contribution in [1.29, 1.82) is 0 Å². The first kappa shape index (κ1) is 19.2. The number of benzene rings is 2.